The molecule has 0 saturated carbocycles. The van der Waals surface area contributed by atoms with Gasteiger partial charge in [0.25, 0.3) is 0 Å². The molecule has 136 valence electrons. The number of nitrogens with zero attached hydrogens (tertiary/aromatic N) is 3. The van der Waals surface area contributed by atoms with Crippen LogP contribution in [0.5, 0.6) is 5.75 Å². The molecule has 0 amide bonds. The van der Waals surface area contributed by atoms with Crippen molar-refractivity contribution in [3.05, 3.63) is 72.8 Å². The monoisotopic (exact) mass is 373 g/mol. The minimum atomic E-state index is 0.223. The zero-order valence-electron chi connectivity index (χ0n) is 15.8. The lowest BCUT2D eigenvalue weighted by Gasteiger charge is -2.08. The number of para-hydroxylation sites is 1. The quantitative estimate of drug-likeness (QED) is 0.436. The van der Waals surface area contributed by atoms with Crippen molar-refractivity contribution in [1.29, 1.82) is 0 Å². The van der Waals surface area contributed by atoms with Crippen molar-refractivity contribution in [2.75, 3.05) is 0 Å². The molecule has 3 aromatic carbocycles. The van der Waals surface area contributed by atoms with Crippen LogP contribution in [0.4, 0.5) is 0 Å². The van der Waals surface area contributed by atoms with E-state index < -0.39 is 0 Å². The second-order valence-electron chi connectivity index (χ2n) is 7.43. The van der Waals surface area contributed by atoms with Gasteiger partial charge in [-0.15, -0.1) is 0 Å². The highest BCUT2D eigenvalue weighted by molar-refractivity contribution is 6.34. The molecule has 0 aliphatic rings. The van der Waals surface area contributed by atoms with Crippen LogP contribution in [-0.4, -0.2) is 27.1 Å². The molecule has 3 aromatic heterocycles. The molecule has 0 spiro atoms. The standard InChI is InChI=1S/C24H16BN3O/c1-27-19-5-3-2-4-17(19)24-21(27)10-11-23(26-24)28-20-9-6-14(25)12-18(20)16-8-7-15(29)13-22(16)28/h2-13,29H,1H3. The molecule has 0 unspecified atom stereocenters. The Morgan fingerprint density at radius 2 is 1.59 bits per heavy atom. The van der Waals surface area contributed by atoms with E-state index in [0.29, 0.717) is 5.46 Å². The van der Waals surface area contributed by atoms with Gasteiger partial charge in [0, 0.05) is 29.3 Å². The highest BCUT2D eigenvalue weighted by atomic mass is 16.3. The summed E-state index contributed by atoms with van der Waals surface area (Å²) in [5, 5.41) is 13.3. The molecule has 6 rings (SSSR count). The summed E-state index contributed by atoms with van der Waals surface area (Å²) in [7, 11) is 8.12. The molecule has 0 atom stereocenters. The first-order chi connectivity index (χ1) is 14.1. The fourth-order valence-corrected chi connectivity index (χ4v) is 4.40. The van der Waals surface area contributed by atoms with Crippen LogP contribution in [-0.2, 0) is 7.05 Å². The van der Waals surface area contributed by atoms with Crippen LogP contribution in [0.25, 0.3) is 49.6 Å². The highest BCUT2D eigenvalue weighted by Crippen LogP contribution is 2.34. The zero-order valence-corrected chi connectivity index (χ0v) is 15.8. The average molecular weight is 373 g/mol. The number of aryl methyl sites for hydroxylation is 1. The first-order valence-electron chi connectivity index (χ1n) is 9.49. The van der Waals surface area contributed by atoms with Crippen molar-refractivity contribution < 1.29 is 5.11 Å². The predicted molar refractivity (Wildman–Crippen MR) is 120 cm³/mol. The molecule has 0 bridgehead atoms. The molecule has 3 heterocycles. The maximum atomic E-state index is 10.1. The Hall–Kier alpha value is -3.73. The van der Waals surface area contributed by atoms with Gasteiger partial charge in [-0.1, -0.05) is 35.8 Å². The molecule has 0 fully saturated rings. The van der Waals surface area contributed by atoms with E-state index in [1.165, 1.54) is 0 Å². The van der Waals surface area contributed by atoms with Gasteiger partial charge >= 0.3 is 0 Å². The van der Waals surface area contributed by atoms with Crippen LogP contribution >= 0.6 is 0 Å². The number of aromatic nitrogens is 3. The van der Waals surface area contributed by atoms with E-state index in [4.69, 9.17) is 12.8 Å². The Kier molecular flexibility index (Phi) is 3.16. The first-order valence-corrected chi connectivity index (χ1v) is 9.49. The summed E-state index contributed by atoms with van der Waals surface area (Å²) in [6.45, 7) is 0. The molecule has 0 aliphatic carbocycles. The first kappa shape index (κ1) is 16.2. The number of rotatable bonds is 1. The van der Waals surface area contributed by atoms with Crippen molar-refractivity contribution in [3.63, 3.8) is 0 Å². The fraction of sp³-hybridized carbons (Fsp3) is 0.0417. The van der Waals surface area contributed by atoms with Crippen LogP contribution < -0.4 is 5.46 Å². The Morgan fingerprint density at radius 3 is 2.48 bits per heavy atom. The molecular formula is C24H16BN3O. The molecule has 0 saturated heterocycles. The highest BCUT2D eigenvalue weighted by Gasteiger charge is 2.16. The van der Waals surface area contributed by atoms with Crippen LogP contribution in [0.3, 0.4) is 0 Å². The van der Waals surface area contributed by atoms with E-state index in [2.05, 4.69) is 34.4 Å². The Morgan fingerprint density at radius 1 is 0.759 bits per heavy atom. The van der Waals surface area contributed by atoms with E-state index in [1.807, 2.05) is 42.5 Å². The Bertz CT molecular complexity index is 1590. The third-order valence-electron chi connectivity index (χ3n) is 5.74. The number of benzene rings is 3. The topological polar surface area (TPSA) is 43.0 Å². The maximum Gasteiger partial charge on any atom is 0.138 e. The SMILES string of the molecule is [B]c1ccc2c(c1)c1ccc(O)cc1n2-c1ccc2c(n1)c1ccccc1n2C. The summed E-state index contributed by atoms with van der Waals surface area (Å²) < 4.78 is 4.25. The minimum absolute atomic E-state index is 0.223. The van der Waals surface area contributed by atoms with Crippen molar-refractivity contribution in [1.82, 2.24) is 14.1 Å². The van der Waals surface area contributed by atoms with Gasteiger partial charge in [0.2, 0.25) is 0 Å². The van der Waals surface area contributed by atoms with Gasteiger partial charge in [0.15, 0.2) is 0 Å². The summed E-state index contributed by atoms with van der Waals surface area (Å²) in [6.07, 6.45) is 0. The van der Waals surface area contributed by atoms with E-state index >= 15 is 0 Å². The number of phenols is 1. The van der Waals surface area contributed by atoms with Gasteiger partial charge in [0.05, 0.1) is 27.6 Å². The minimum Gasteiger partial charge on any atom is -0.508 e. The normalized spacial score (nSPS) is 11.9. The molecule has 29 heavy (non-hydrogen) atoms. The number of aromatic hydroxyl groups is 1. The summed E-state index contributed by atoms with van der Waals surface area (Å²) in [6, 6.07) is 23.7. The third-order valence-corrected chi connectivity index (χ3v) is 5.74. The van der Waals surface area contributed by atoms with Gasteiger partial charge in [-0.25, -0.2) is 4.98 Å². The van der Waals surface area contributed by atoms with Crippen molar-refractivity contribution in [2.45, 2.75) is 0 Å². The second-order valence-corrected chi connectivity index (χ2v) is 7.43. The van der Waals surface area contributed by atoms with Gasteiger partial charge in [-0.05, 0) is 36.4 Å². The molecule has 6 aromatic rings. The number of pyridine rings is 1. The van der Waals surface area contributed by atoms with Gasteiger partial charge in [-0.3, -0.25) is 4.57 Å². The van der Waals surface area contributed by atoms with Gasteiger partial charge < -0.3 is 9.67 Å². The summed E-state index contributed by atoms with van der Waals surface area (Å²) >= 11 is 0. The zero-order chi connectivity index (χ0) is 19.7. The predicted octanol–water partition coefficient (Wildman–Crippen LogP) is 4.32. The number of hydrogen-bond acceptors (Lipinski definition) is 2. The average Bonchev–Trinajstić information content (AvgIpc) is 3.20. The van der Waals surface area contributed by atoms with Crippen molar-refractivity contribution in [2.24, 2.45) is 7.05 Å². The molecule has 4 nitrogen and oxygen atoms in total. The van der Waals surface area contributed by atoms with Crippen LogP contribution in [0.2, 0.25) is 0 Å². The lowest BCUT2D eigenvalue weighted by Crippen LogP contribution is -2.01. The fourth-order valence-electron chi connectivity index (χ4n) is 4.40. The molecule has 0 aliphatic heterocycles. The summed E-state index contributed by atoms with van der Waals surface area (Å²) in [5.41, 5.74) is 5.82. The van der Waals surface area contributed by atoms with Crippen molar-refractivity contribution in [3.8, 4) is 11.6 Å². The maximum absolute atomic E-state index is 10.1. The lowest BCUT2D eigenvalue weighted by atomic mass is 9.94. The van der Waals surface area contributed by atoms with E-state index in [1.54, 1.807) is 12.1 Å². The van der Waals surface area contributed by atoms with E-state index in [-0.39, 0.29) is 5.75 Å². The second kappa shape index (κ2) is 5.64. The van der Waals surface area contributed by atoms with Crippen LogP contribution in [0.1, 0.15) is 0 Å². The van der Waals surface area contributed by atoms with Crippen LogP contribution in [0, 0.1) is 0 Å². The molecule has 1 N–H and O–H groups in total. The lowest BCUT2D eigenvalue weighted by molar-refractivity contribution is 0.476. The summed E-state index contributed by atoms with van der Waals surface area (Å²) in [4.78, 5) is 5.05. The molecule has 5 heteroatoms. The largest absolute Gasteiger partial charge is 0.508 e. The third kappa shape index (κ3) is 2.18. The van der Waals surface area contributed by atoms with Gasteiger partial charge in [-0.2, -0.15) is 0 Å². The number of fused-ring (bicyclic) bond motifs is 6. The van der Waals surface area contributed by atoms with E-state index in [9.17, 15) is 5.11 Å². The van der Waals surface area contributed by atoms with Gasteiger partial charge in [0.1, 0.15) is 19.4 Å². The number of hydrogen-bond donors (Lipinski definition) is 1. The number of phenolic OH excluding ortho intramolecular Hbond substituents is 1. The Labute approximate surface area is 168 Å². The molecular weight excluding hydrogens is 357 g/mol. The summed E-state index contributed by atoms with van der Waals surface area (Å²) in [5.74, 6) is 1.03. The van der Waals surface area contributed by atoms with Crippen LogP contribution in [0.15, 0.2) is 72.8 Å². The molecule has 2 radical (unpaired) electrons. The van der Waals surface area contributed by atoms with E-state index in [0.717, 1.165) is 49.6 Å². The van der Waals surface area contributed by atoms with Crippen molar-refractivity contribution >= 4 is 57.1 Å². The Balaban J connectivity index is 1.76. The smallest absolute Gasteiger partial charge is 0.138 e.